The molecule has 1 aromatic rings. The van der Waals surface area contributed by atoms with E-state index in [1.54, 1.807) is 12.1 Å². The maximum Gasteiger partial charge on any atom is 0.288 e. The molecule has 0 saturated carbocycles. The van der Waals surface area contributed by atoms with Gasteiger partial charge in [0, 0.05) is 20.3 Å². The summed E-state index contributed by atoms with van der Waals surface area (Å²) in [4.78, 5) is 41.0. The zero-order valence-electron chi connectivity index (χ0n) is 12.1. The maximum atomic E-state index is 12.2. The van der Waals surface area contributed by atoms with Crippen molar-refractivity contribution in [2.24, 2.45) is 0 Å². The number of carbonyl (C=O) groups is 3. The van der Waals surface area contributed by atoms with Gasteiger partial charge in [-0.15, -0.1) is 0 Å². The minimum absolute atomic E-state index is 0.109. The SMILES string of the molecule is CNC(=O)CC1C(=O)N(C)C(=S)N1NC(=O)c1ccccn1. The highest BCUT2D eigenvalue weighted by atomic mass is 32.1. The fraction of sp³-hybridized carbons (Fsp3) is 0.308. The van der Waals surface area contributed by atoms with Crippen LogP contribution in [0.1, 0.15) is 16.9 Å². The van der Waals surface area contributed by atoms with Gasteiger partial charge in [0.25, 0.3) is 11.8 Å². The van der Waals surface area contributed by atoms with E-state index in [1.807, 2.05) is 0 Å². The van der Waals surface area contributed by atoms with Crippen molar-refractivity contribution in [3.05, 3.63) is 30.1 Å². The highest BCUT2D eigenvalue weighted by Crippen LogP contribution is 2.17. The van der Waals surface area contributed by atoms with E-state index in [1.165, 1.54) is 36.3 Å². The number of pyridine rings is 1. The summed E-state index contributed by atoms with van der Waals surface area (Å²) in [6.07, 6.45) is 1.37. The van der Waals surface area contributed by atoms with Crippen molar-refractivity contribution in [1.29, 1.82) is 0 Å². The van der Waals surface area contributed by atoms with Crippen molar-refractivity contribution in [2.45, 2.75) is 12.5 Å². The lowest BCUT2D eigenvalue weighted by molar-refractivity contribution is -0.131. The Morgan fingerprint density at radius 1 is 1.41 bits per heavy atom. The molecule has 9 heteroatoms. The first-order chi connectivity index (χ1) is 10.5. The predicted octanol–water partition coefficient (Wildman–Crippen LogP) is -0.710. The molecular formula is C13H15N5O3S. The topological polar surface area (TPSA) is 94.6 Å². The number of hydrogen-bond acceptors (Lipinski definition) is 5. The molecular weight excluding hydrogens is 306 g/mol. The fourth-order valence-electron chi connectivity index (χ4n) is 1.97. The summed E-state index contributed by atoms with van der Waals surface area (Å²) < 4.78 is 0. The van der Waals surface area contributed by atoms with Crippen molar-refractivity contribution < 1.29 is 14.4 Å². The maximum absolute atomic E-state index is 12.2. The van der Waals surface area contributed by atoms with Crippen LogP contribution < -0.4 is 10.7 Å². The normalized spacial score (nSPS) is 17.6. The average Bonchev–Trinajstić information content (AvgIpc) is 2.73. The molecule has 2 N–H and O–H groups in total. The standard InChI is InChI=1S/C13H15N5O3S/c1-14-10(19)7-9-12(21)17(2)13(22)18(9)16-11(20)8-5-3-4-6-15-8/h3-6,9H,7H2,1-2H3,(H,14,19)(H,16,20). The summed E-state index contributed by atoms with van der Waals surface area (Å²) in [7, 11) is 2.97. The molecule has 1 fully saturated rings. The second kappa shape index (κ2) is 6.48. The lowest BCUT2D eigenvalue weighted by atomic mass is 10.2. The molecule has 1 aliphatic heterocycles. The largest absolute Gasteiger partial charge is 0.359 e. The molecule has 1 unspecified atom stereocenters. The molecule has 0 bridgehead atoms. The number of likely N-dealkylation sites (N-methyl/N-ethyl adjacent to an activating group) is 1. The van der Waals surface area contributed by atoms with Crippen molar-refractivity contribution in [1.82, 2.24) is 25.6 Å². The Labute approximate surface area is 132 Å². The zero-order chi connectivity index (χ0) is 16.3. The number of thiocarbonyl (C=S) groups is 1. The molecule has 0 radical (unpaired) electrons. The third kappa shape index (κ3) is 3.03. The Hall–Kier alpha value is -2.55. The van der Waals surface area contributed by atoms with Crippen molar-refractivity contribution >= 4 is 35.1 Å². The van der Waals surface area contributed by atoms with Crippen LogP contribution in [0.3, 0.4) is 0 Å². The molecule has 1 aromatic heterocycles. The monoisotopic (exact) mass is 321 g/mol. The van der Waals surface area contributed by atoms with Gasteiger partial charge in [-0.1, -0.05) is 6.07 Å². The molecule has 2 heterocycles. The molecule has 0 spiro atoms. The van der Waals surface area contributed by atoms with Crippen LogP contribution in [-0.2, 0) is 9.59 Å². The molecule has 2 rings (SSSR count). The van der Waals surface area contributed by atoms with Gasteiger partial charge in [0.05, 0.1) is 6.42 Å². The number of aromatic nitrogens is 1. The highest BCUT2D eigenvalue weighted by molar-refractivity contribution is 7.80. The summed E-state index contributed by atoms with van der Waals surface area (Å²) >= 11 is 5.14. The lowest BCUT2D eigenvalue weighted by Crippen LogP contribution is -2.50. The number of nitrogens with zero attached hydrogens (tertiary/aromatic N) is 3. The van der Waals surface area contributed by atoms with Crippen molar-refractivity contribution in [3.8, 4) is 0 Å². The van der Waals surface area contributed by atoms with Gasteiger partial charge in [0.2, 0.25) is 5.91 Å². The van der Waals surface area contributed by atoms with Crippen LogP contribution in [0.2, 0.25) is 0 Å². The lowest BCUT2D eigenvalue weighted by Gasteiger charge is -2.23. The number of nitrogens with one attached hydrogen (secondary N) is 2. The Balaban J connectivity index is 2.18. The fourth-order valence-corrected chi connectivity index (χ4v) is 2.23. The molecule has 1 aliphatic rings. The smallest absolute Gasteiger partial charge is 0.288 e. The molecule has 1 saturated heterocycles. The van der Waals surface area contributed by atoms with Crippen LogP contribution in [0, 0.1) is 0 Å². The quantitative estimate of drug-likeness (QED) is 0.712. The van der Waals surface area contributed by atoms with Crippen LogP contribution in [0.5, 0.6) is 0 Å². The van der Waals surface area contributed by atoms with E-state index in [0.717, 1.165) is 0 Å². The van der Waals surface area contributed by atoms with E-state index in [-0.39, 0.29) is 29.0 Å². The van der Waals surface area contributed by atoms with Crippen LogP contribution in [-0.4, -0.2) is 57.9 Å². The summed E-state index contributed by atoms with van der Waals surface area (Å²) in [5, 5.41) is 3.80. The minimum Gasteiger partial charge on any atom is -0.359 e. The Kier molecular flexibility index (Phi) is 4.66. The highest BCUT2D eigenvalue weighted by Gasteiger charge is 2.42. The zero-order valence-corrected chi connectivity index (χ0v) is 12.9. The van der Waals surface area contributed by atoms with Crippen molar-refractivity contribution in [2.75, 3.05) is 14.1 Å². The van der Waals surface area contributed by atoms with E-state index in [0.29, 0.717) is 0 Å². The van der Waals surface area contributed by atoms with Gasteiger partial charge in [0.15, 0.2) is 5.11 Å². The third-order valence-electron chi connectivity index (χ3n) is 3.20. The Morgan fingerprint density at radius 3 is 2.73 bits per heavy atom. The average molecular weight is 321 g/mol. The van der Waals surface area contributed by atoms with Crippen LogP contribution in [0.15, 0.2) is 24.4 Å². The summed E-state index contributed by atoms with van der Waals surface area (Å²) in [6.45, 7) is 0. The van der Waals surface area contributed by atoms with E-state index >= 15 is 0 Å². The number of rotatable bonds is 4. The second-order valence-corrected chi connectivity index (χ2v) is 4.96. The second-order valence-electron chi connectivity index (χ2n) is 4.60. The molecule has 0 aromatic carbocycles. The van der Waals surface area contributed by atoms with Crippen LogP contribution >= 0.6 is 12.2 Å². The van der Waals surface area contributed by atoms with Crippen LogP contribution in [0.25, 0.3) is 0 Å². The molecule has 3 amide bonds. The number of hydrogen-bond donors (Lipinski definition) is 2. The summed E-state index contributed by atoms with van der Waals surface area (Å²) in [6, 6.07) is 4.02. The van der Waals surface area contributed by atoms with E-state index in [9.17, 15) is 14.4 Å². The molecule has 116 valence electrons. The van der Waals surface area contributed by atoms with Gasteiger partial charge in [-0.05, 0) is 24.4 Å². The number of amides is 3. The molecule has 1 atom stereocenters. The first-order valence-electron chi connectivity index (χ1n) is 6.49. The van der Waals surface area contributed by atoms with Gasteiger partial charge in [-0.3, -0.25) is 29.7 Å². The Bertz CT molecular complexity index is 621. The van der Waals surface area contributed by atoms with Gasteiger partial charge < -0.3 is 5.32 Å². The van der Waals surface area contributed by atoms with E-state index in [2.05, 4.69) is 15.7 Å². The van der Waals surface area contributed by atoms with Gasteiger partial charge in [-0.25, -0.2) is 5.01 Å². The molecule has 8 nitrogen and oxygen atoms in total. The van der Waals surface area contributed by atoms with Crippen molar-refractivity contribution in [3.63, 3.8) is 0 Å². The van der Waals surface area contributed by atoms with Gasteiger partial charge in [-0.2, -0.15) is 0 Å². The first-order valence-corrected chi connectivity index (χ1v) is 6.90. The number of carbonyl (C=O) groups excluding carboxylic acids is 3. The molecule has 0 aliphatic carbocycles. The van der Waals surface area contributed by atoms with Gasteiger partial charge in [0.1, 0.15) is 11.7 Å². The first kappa shape index (κ1) is 15.8. The number of hydrazine groups is 1. The van der Waals surface area contributed by atoms with E-state index < -0.39 is 11.9 Å². The van der Waals surface area contributed by atoms with Gasteiger partial charge >= 0.3 is 0 Å². The Morgan fingerprint density at radius 2 is 2.14 bits per heavy atom. The minimum atomic E-state index is -0.870. The molecule has 22 heavy (non-hydrogen) atoms. The van der Waals surface area contributed by atoms with E-state index in [4.69, 9.17) is 12.2 Å². The predicted molar refractivity (Wildman–Crippen MR) is 81.4 cm³/mol. The van der Waals surface area contributed by atoms with Crippen LogP contribution in [0.4, 0.5) is 0 Å². The third-order valence-corrected chi connectivity index (χ3v) is 3.67. The summed E-state index contributed by atoms with van der Waals surface area (Å²) in [5.41, 5.74) is 2.72. The summed E-state index contributed by atoms with van der Waals surface area (Å²) in [5.74, 6) is -1.18.